The molecule has 1 aliphatic heterocycles. The number of hydrogen-bond donors (Lipinski definition) is 1. The molecule has 2 aromatic carbocycles. The number of carbonyl (C=O) groups excluding carboxylic acids is 1. The summed E-state index contributed by atoms with van der Waals surface area (Å²) >= 11 is 0. The molecule has 2 heterocycles. The molecule has 0 radical (unpaired) electrons. The van der Waals surface area contributed by atoms with Gasteiger partial charge in [-0.05, 0) is 99.5 Å². The van der Waals surface area contributed by atoms with E-state index < -0.39 is 6.10 Å². The second-order valence-corrected chi connectivity index (χ2v) is 11.0. The lowest BCUT2D eigenvalue weighted by Gasteiger charge is -2.28. The molecule has 1 aliphatic carbocycles. The molecular formula is C32H37N3O4. The SMILES string of the molecule is [C-]#[N+]c1cc2c(Oc3ccc(CC(=O)CC4CC4)c(C)c3C)ccnc2cc1OC[C@H](O)CN1CCCCC1. The predicted octanol–water partition coefficient (Wildman–Crippen LogP) is 6.33. The zero-order valence-electron chi connectivity index (χ0n) is 22.9. The zero-order chi connectivity index (χ0) is 27.4. The normalized spacial score (nSPS) is 16.6. The van der Waals surface area contributed by atoms with Crippen molar-refractivity contribution in [2.75, 3.05) is 26.2 Å². The van der Waals surface area contributed by atoms with Crippen molar-refractivity contribution in [3.63, 3.8) is 0 Å². The smallest absolute Gasteiger partial charge is 0.229 e. The van der Waals surface area contributed by atoms with E-state index in [2.05, 4.69) is 14.7 Å². The Hall–Kier alpha value is -3.47. The topological polar surface area (TPSA) is 76.2 Å². The Bertz CT molecular complexity index is 1390. The van der Waals surface area contributed by atoms with Crippen LogP contribution in [0.1, 0.15) is 55.2 Å². The molecule has 1 saturated carbocycles. The second-order valence-electron chi connectivity index (χ2n) is 11.0. The Morgan fingerprint density at radius 2 is 1.90 bits per heavy atom. The van der Waals surface area contributed by atoms with Gasteiger partial charge in [0.25, 0.3) is 0 Å². The van der Waals surface area contributed by atoms with E-state index in [0.717, 1.165) is 29.8 Å². The van der Waals surface area contributed by atoms with Gasteiger partial charge in [-0.1, -0.05) is 12.5 Å². The first-order chi connectivity index (χ1) is 18.9. The molecule has 1 aromatic heterocycles. The van der Waals surface area contributed by atoms with Crippen LogP contribution in [-0.2, 0) is 11.2 Å². The fraction of sp³-hybridized carbons (Fsp3) is 0.469. The number of ether oxygens (including phenoxy) is 2. The fourth-order valence-corrected chi connectivity index (χ4v) is 5.31. The highest BCUT2D eigenvalue weighted by Crippen LogP contribution is 2.39. The molecule has 0 spiro atoms. The van der Waals surface area contributed by atoms with Crippen LogP contribution in [0.2, 0.25) is 0 Å². The van der Waals surface area contributed by atoms with E-state index in [-0.39, 0.29) is 6.61 Å². The number of benzene rings is 2. The molecule has 1 saturated heterocycles. The van der Waals surface area contributed by atoms with Crippen LogP contribution in [0.25, 0.3) is 15.7 Å². The van der Waals surface area contributed by atoms with Crippen molar-refractivity contribution in [2.24, 2.45) is 5.92 Å². The van der Waals surface area contributed by atoms with Crippen molar-refractivity contribution >= 4 is 22.4 Å². The molecule has 7 heteroatoms. The average molecular weight is 528 g/mol. The summed E-state index contributed by atoms with van der Waals surface area (Å²) in [6, 6.07) is 9.18. The number of pyridine rings is 1. The van der Waals surface area contributed by atoms with Gasteiger partial charge in [0.2, 0.25) is 5.69 Å². The number of carbonyl (C=O) groups is 1. The largest absolute Gasteiger partial charge is 0.502 e. The van der Waals surface area contributed by atoms with Gasteiger partial charge in [0, 0.05) is 31.0 Å². The highest BCUT2D eigenvalue weighted by atomic mass is 16.5. The van der Waals surface area contributed by atoms with Crippen molar-refractivity contribution in [1.29, 1.82) is 0 Å². The number of aromatic nitrogens is 1. The molecule has 7 nitrogen and oxygen atoms in total. The van der Waals surface area contributed by atoms with Gasteiger partial charge >= 0.3 is 0 Å². The highest BCUT2D eigenvalue weighted by Gasteiger charge is 2.25. The molecule has 2 fully saturated rings. The Kier molecular flexibility index (Phi) is 8.44. The fourth-order valence-electron chi connectivity index (χ4n) is 5.31. The predicted molar refractivity (Wildman–Crippen MR) is 152 cm³/mol. The van der Waals surface area contributed by atoms with Gasteiger partial charge in [-0.25, -0.2) is 4.85 Å². The molecular weight excluding hydrogens is 490 g/mol. The Balaban J connectivity index is 1.31. The van der Waals surface area contributed by atoms with Gasteiger partial charge in [0.1, 0.15) is 35.7 Å². The third kappa shape index (κ3) is 6.76. The maximum Gasteiger partial charge on any atom is 0.229 e. The minimum absolute atomic E-state index is 0.120. The molecule has 0 unspecified atom stereocenters. The molecule has 2 aliphatic rings. The minimum atomic E-state index is -0.627. The lowest BCUT2D eigenvalue weighted by molar-refractivity contribution is -0.118. The number of ketones is 1. The molecule has 1 atom stereocenters. The number of fused-ring (bicyclic) bond motifs is 1. The molecule has 1 N–H and O–H groups in total. The minimum Gasteiger partial charge on any atom is -0.502 e. The molecule has 39 heavy (non-hydrogen) atoms. The van der Waals surface area contributed by atoms with Crippen LogP contribution in [-0.4, -0.2) is 53.1 Å². The Morgan fingerprint density at radius 1 is 1.10 bits per heavy atom. The monoisotopic (exact) mass is 527 g/mol. The summed E-state index contributed by atoms with van der Waals surface area (Å²) in [7, 11) is 0. The molecule has 0 bridgehead atoms. The van der Waals surface area contributed by atoms with E-state index in [1.165, 1.54) is 32.1 Å². The Morgan fingerprint density at radius 3 is 2.64 bits per heavy atom. The number of β-amino-alcohol motifs (C(OH)–C–C–N with tert-alkyl or cyclic N) is 1. The van der Waals surface area contributed by atoms with Gasteiger partial charge in [-0.15, -0.1) is 0 Å². The van der Waals surface area contributed by atoms with E-state index in [0.29, 0.717) is 64.9 Å². The lowest BCUT2D eigenvalue weighted by atomic mass is 9.97. The molecule has 204 valence electrons. The maximum atomic E-state index is 12.4. The standard InChI is InChI=1S/C32H37N3O4/c1-21-22(2)30(10-9-24(21)16-25(36)15-23-7-8-23)39-31-11-12-34-28-18-32(29(33-3)17-27(28)31)38-20-26(37)19-35-13-5-4-6-14-35/h9-12,17-18,23,26,37H,4-8,13-16,19-20H2,1-2H3/t26-/m1/s1. The summed E-state index contributed by atoms with van der Waals surface area (Å²) in [6.45, 7) is 14.5. The summed E-state index contributed by atoms with van der Waals surface area (Å²) in [5, 5.41) is 11.2. The Labute approximate surface area is 230 Å². The number of hydrogen-bond acceptors (Lipinski definition) is 6. The maximum absolute atomic E-state index is 12.4. The number of piperidine rings is 1. The van der Waals surface area contributed by atoms with Crippen molar-refractivity contribution in [1.82, 2.24) is 9.88 Å². The van der Waals surface area contributed by atoms with Gasteiger partial charge < -0.3 is 19.5 Å². The summed E-state index contributed by atoms with van der Waals surface area (Å²) < 4.78 is 12.3. The summed E-state index contributed by atoms with van der Waals surface area (Å²) in [4.78, 5) is 22.8. The third-order valence-corrected chi connectivity index (χ3v) is 7.92. The van der Waals surface area contributed by atoms with E-state index in [1.54, 1.807) is 24.4 Å². The van der Waals surface area contributed by atoms with E-state index >= 15 is 0 Å². The average Bonchev–Trinajstić information content (AvgIpc) is 3.75. The number of likely N-dealkylation sites (tertiary alicyclic amines) is 1. The molecule has 3 aromatic rings. The summed E-state index contributed by atoms with van der Waals surface area (Å²) in [5.41, 5.74) is 4.10. The quantitative estimate of drug-likeness (QED) is 0.294. The van der Waals surface area contributed by atoms with Crippen molar-refractivity contribution in [3.8, 4) is 17.2 Å². The van der Waals surface area contributed by atoms with Gasteiger partial charge in [0.05, 0.1) is 12.1 Å². The van der Waals surface area contributed by atoms with Gasteiger partial charge in [-0.3, -0.25) is 9.78 Å². The lowest BCUT2D eigenvalue weighted by Crippen LogP contribution is -2.38. The van der Waals surface area contributed by atoms with E-state index in [1.807, 2.05) is 26.0 Å². The highest BCUT2D eigenvalue weighted by molar-refractivity contribution is 5.91. The van der Waals surface area contributed by atoms with Crippen LogP contribution < -0.4 is 9.47 Å². The van der Waals surface area contributed by atoms with Crippen LogP contribution >= 0.6 is 0 Å². The van der Waals surface area contributed by atoms with Crippen molar-refractivity contribution in [2.45, 2.75) is 64.9 Å². The number of Topliss-reactive ketones (excluding diaryl/α,β-unsaturated/α-hetero) is 1. The number of aliphatic hydroxyl groups is 1. The van der Waals surface area contributed by atoms with Crippen LogP contribution in [0.3, 0.4) is 0 Å². The summed E-state index contributed by atoms with van der Waals surface area (Å²) in [6.07, 6.45) is 8.14. The van der Waals surface area contributed by atoms with Gasteiger partial charge in [0.15, 0.2) is 0 Å². The third-order valence-electron chi connectivity index (χ3n) is 7.92. The van der Waals surface area contributed by atoms with E-state index in [4.69, 9.17) is 16.0 Å². The first-order valence-corrected chi connectivity index (χ1v) is 14.0. The molecule has 0 amide bonds. The number of nitrogens with zero attached hydrogens (tertiary/aromatic N) is 3. The van der Waals surface area contributed by atoms with Gasteiger partial charge in [-0.2, -0.15) is 0 Å². The number of rotatable bonds is 11. The zero-order valence-corrected chi connectivity index (χ0v) is 22.9. The first-order valence-electron chi connectivity index (χ1n) is 14.0. The van der Waals surface area contributed by atoms with Crippen molar-refractivity contribution in [3.05, 3.63) is 64.6 Å². The van der Waals surface area contributed by atoms with Crippen LogP contribution in [0.15, 0.2) is 36.5 Å². The van der Waals surface area contributed by atoms with Crippen LogP contribution in [0.4, 0.5) is 5.69 Å². The first kappa shape index (κ1) is 27.1. The van der Waals surface area contributed by atoms with E-state index in [9.17, 15) is 9.90 Å². The second kappa shape index (κ2) is 12.1. The van der Waals surface area contributed by atoms with Crippen LogP contribution in [0, 0.1) is 26.3 Å². The molecule has 5 rings (SSSR count). The summed E-state index contributed by atoms with van der Waals surface area (Å²) in [5.74, 6) is 2.62. The number of aliphatic hydroxyl groups excluding tert-OH is 1. The van der Waals surface area contributed by atoms with Crippen molar-refractivity contribution < 1.29 is 19.4 Å². The van der Waals surface area contributed by atoms with Crippen LogP contribution in [0.5, 0.6) is 17.2 Å².